The van der Waals surface area contributed by atoms with Crippen molar-refractivity contribution in [1.29, 1.82) is 0 Å². The third kappa shape index (κ3) is 4.68. The normalized spacial score (nSPS) is 15.0. The van der Waals surface area contributed by atoms with Crippen LogP contribution < -0.4 is 15.0 Å². The van der Waals surface area contributed by atoms with Crippen LogP contribution in [0.2, 0.25) is 0 Å². The Balaban J connectivity index is 1.52. The fourth-order valence-corrected chi connectivity index (χ4v) is 3.35. The number of quaternary nitrogens is 1. The van der Waals surface area contributed by atoms with Gasteiger partial charge in [-0.2, -0.15) is 0 Å². The quantitative estimate of drug-likeness (QED) is 0.797. The van der Waals surface area contributed by atoms with Gasteiger partial charge < -0.3 is 19.9 Å². The summed E-state index contributed by atoms with van der Waals surface area (Å²) in [6.07, 6.45) is 0. The van der Waals surface area contributed by atoms with Gasteiger partial charge in [-0.05, 0) is 36.5 Å². The standard InChI is InChI=1S/C19H21F2N3OS/c1-25-16-4-2-3-14(11-16)13-23-7-9-24(10-8-23)19(26)22-18-6-5-15(20)12-17(18)21/h2-6,11-12H,7-10,13H2,1H3,(H,22,26)/p+1. The van der Waals surface area contributed by atoms with Crippen molar-refractivity contribution >= 4 is 23.0 Å². The summed E-state index contributed by atoms with van der Waals surface area (Å²) >= 11 is 5.38. The smallest absolute Gasteiger partial charge is 0.173 e. The van der Waals surface area contributed by atoms with Gasteiger partial charge in [0, 0.05) is 11.6 Å². The summed E-state index contributed by atoms with van der Waals surface area (Å²) in [6, 6.07) is 11.5. The van der Waals surface area contributed by atoms with E-state index in [0.717, 1.165) is 44.5 Å². The third-order valence-electron chi connectivity index (χ3n) is 4.52. The van der Waals surface area contributed by atoms with E-state index in [4.69, 9.17) is 17.0 Å². The van der Waals surface area contributed by atoms with Crippen LogP contribution in [0.5, 0.6) is 5.75 Å². The molecule has 1 saturated heterocycles. The molecule has 4 nitrogen and oxygen atoms in total. The van der Waals surface area contributed by atoms with Gasteiger partial charge in [0.1, 0.15) is 23.9 Å². The molecule has 0 amide bonds. The van der Waals surface area contributed by atoms with E-state index in [9.17, 15) is 8.78 Å². The van der Waals surface area contributed by atoms with E-state index >= 15 is 0 Å². The summed E-state index contributed by atoms with van der Waals surface area (Å²) < 4.78 is 32.0. The molecule has 138 valence electrons. The summed E-state index contributed by atoms with van der Waals surface area (Å²) in [5.41, 5.74) is 1.43. The topological polar surface area (TPSA) is 28.9 Å². The molecule has 7 heteroatoms. The third-order valence-corrected chi connectivity index (χ3v) is 4.88. The van der Waals surface area contributed by atoms with Crippen molar-refractivity contribution in [2.24, 2.45) is 0 Å². The Hall–Kier alpha value is -2.25. The Morgan fingerprint density at radius 1 is 1.19 bits per heavy atom. The summed E-state index contributed by atoms with van der Waals surface area (Å²) in [4.78, 5) is 3.48. The number of rotatable bonds is 4. The highest BCUT2D eigenvalue weighted by molar-refractivity contribution is 7.80. The highest BCUT2D eigenvalue weighted by Crippen LogP contribution is 2.16. The fourth-order valence-electron chi connectivity index (χ4n) is 3.06. The van der Waals surface area contributed by atoms with E-state index in [-0.39, 0.29) is 5.69 Å². The molecule has 0 radical (unpaired) electrons. The monoisotopic (exact) mass is 378 g/mol. The molecule has 2 aromatic carbocycles. The molecule has 1 aliphatic heterocycles. The minimum Gasteiger partial charge on any atom is -0.497 e. The highest BCUT2D eigenvalue weighted by atomic mass is 32.1. The predicted octanol–water partition coefficient (Wildman–Crippen LogP) is 2.07. The number of methoxy groups -OCH3 is 1. The molecule has 2 aromatic rings. The second-order valence-corrected chi connectivity index (χ2v) is 6.71. The van der Waals surface area contributed by atoms with E-state index < -0.39 is 11.6 Å². The van der Waals surface area contributed by atoms with Gasteiger partial charge in [-0.1, -0.05) is 12.1 Å². The van der Waals surface area contributed by atoms with Crippen LogP contribution in [0.25, 0.3) is 0 Å². The zero-order valence-corrected chi connectivity index (χ0v) is 15.4. The SMILES string of the molecule is COc1cccc(C[NH+]2CCN(C(=S)Nc3ccc(F)cc3F)CC2)c1. The molecule has 2 N–H and O–H groups in total. The highest BCUT2D eigenvalue weighted by Gasteiger charge is 2.22. The van der Waals surface area contributed by atoms with Crippen LogP contribution in [0.3, 0.4) is 0 Å². The maximum atomic E-state index is 13.7. The molecule has 1 aliphatic rings. The van der Waals surface area contributed by atoms with Gasteiger partial charge in [-0.15, -0.1) is 0 Å². The molecule has 0 aromatic heterocycles. The van der Waals surface area contributed by atoms with Crippen LogP contribution in [0, 0.1) is 11.6 Å². The van der Waals surface area contributed by atoms with Crippen molar-refractivity contribution in [3.8, 4) is 5.75 Å². The molecule has 1 heterocycles. The Morgan fingerprint density at radius 3 is 2.65 bits per heavy atom. The van der Waals surface area contributed by atoms with E-state index in [0.29, 0.717) is 5.11 Å². The number of nitrogens with one attached hydrogen (secondary N) is 2. The van der Waals surface area contributed by atoms with Crippen LogP contribution >= 0.6 is 12.2 Å². The number of hydrogen-bond donors (Lipinski definition) is 2. The number of hydrogen-bond acceptors (Lipinski definition) is 2. The second kappa shape index (κ2) is 8.42. The van der Waals surface area contributed by atoms with E-state index in [1.807, 2.05) is 17.0 Å². The summed E-state index contributed by atoms with van der Waals surface area (Å²) in [5.74, 6) is -0.379. The van der Waals surface area contributed by atoms with Gasteiger partial charge >= 0.3 is 0 Å². The molecule has 1 fully saturated rings. The lowest BCUT2D eigenvalue weighted by atomic mass is 10.2. The molecule has 26 heavy (non-hydrogen) atoms. The minimum atomic E-state index is -0.644. The van der Waals surface area contributed by atoms with Crippen molar-refractivity contribution < 1.29 is 18.4 Å². The van der Waals surface area contributed by atoms with Crippen molar-refractivity contribution in [1.82, 2.24) is 4.90 Å². The van der Waals surface area contributed by atoms with Crippen LogP contribution in [-0.4, -0.2) is 43.3 Å². The van der Waals surface area contributed by atoms with Crippen molar-refractivity contribution in [2.45, 2.75) is 6.54 Å². The summed E-state index contributed by atoms with van der Waals surface area (Å²) in [7, 11) is 1.67. The fraction of sp³-hybridized carbons (Fsp3) is 0.316. The molecular formula is C19H22F2N3OS+. The molecule has 0 aliphatic carbocycles. The lowest BCUT2D eigenvalue weighted by molar-refractivity contribution is -0.917. The Bertz CT molecular complexity index is 779. The van der Waals surface area contributed by atoms with E-state index in [1.165, 1.54) is 22.6 Å². The van der Waals surface area contributed by atoms with E-state index in [2.05, 4.69) is 17.4 Å². The van der Waals surface area contributed by atoms with E-state index in [1.54, 1.807) is 7.11 Å². The van der Waals surface area contributed by atoms with Crippen LogP contribution in [0.15, 0.2) is 42.5 Å². The van der Waals surface area contributed by atoms with Crippen LogP contribution in [-0.2, 0) is 6.54 Å². The van der Waals surface area contributed by atoms with Crippen LogP contribution in [0.4, 0.5) is 14.5 Å². The molecule has 0 spiro atoms. The number of anilines is 1. The first-order valence-corrected chi connectivity index (χ1v) is 8.93. The number of ether oxygens (including phenoxy) is 1. The predicted molar refractivity (Wildman–Crippen MR) is 102 cm³/mol. The Kier molecular flexibility index (Phi) is 6.00. The largest absolute Gasteiger partial charge is 0.497 e. The minimum absolute atomic E-state index is 0.197. The summed E-state index contributed by atoms with van der Waals surface area (Å²) in [6.45, 7) is 4.37. The number of nitrogens with zero attached hydrogens (tertiary/aromatic N) is 1. The van der Waals surface area contributed by atoms with Crippen LogP contribution in [0.1, 0.15) is 5.56 Å². The molecule has 0 bridgehead atoms. The molecular weight excluding hydrogens is 356 g/mol. The number of halogens is 2. The van der Waals surface area contributed by atoms with Crippen molar-refractivity contribution in [2.75, 3.05) is 38.6 Å². The summed E-state index contributed by atoms with van der Waals surface area (Å²) in [5, 5.41) is 3.35. The zero-order valence-electron chi connectivity index (χ0n) is 14.6. The van der Waals surface area contributed by atoms with Gasteiger partial charge in [-0.25, -0.2) is 8.78 Å². The second-order valence-electron chi connectivity index (χ2n) is 6.32. The van der Waals surface area contributed by atoms with Gasteiger partial charge in [-0.3, -0.25) is 0 Å². The van der Waals surface area contributed by atoms with Gasteiger partial charge in [0.2, 0.25) is 0 Å². The first kappa shape index (κ1) is 18.5. The zero-order chi connectivity index (χ0) is 18.5. The average molecular weight is 378 g/mol. The first-order chi connectivity index (χ1) is 12.5. The maximum Gasteiger partial charge on any atom is 0.173 e. The van der Waals surface area contributed by atoms with Crippen molar-refractivity contribution in [3.05, 3.63) is 59.7 Å². The number of benzene rings is 2. The van der Waals surface area contributed by atoms with Crippen molar-refractivity contribution in [3.63, 3.8) is 0 Å². The average Bonchev–Trinajstić information content (AvgIpc) is 2.64. The molecule has 0 atom stereocenters. The molecule has 0 unspecified atom stereocenters. The molecule has 3 rings (SSSR count). The lowest BCUT2D eigenvalue weighted by Crippen LogP contribution is -3.13. The Labute approximate surface area is 157 Å². The first-order valence-electron chi connectivity index (χ1n) is 8.52. The Morgan fingerprint density at radius 2 is 1.96 bits per heavy atom. The lowest BCUT2D eigenvalue weighted by Gasteiger charge is -2.34. The number of thiocarbonyl (C=S) groups is 1. The number of piperazine rings is 1. The maximum absolute atomic E-state index is 13.7. The molecule has 0 saturated carbocycles. The van der Waals surface area contributed by atoms with Gasteiger partial charge in [0.15, 0.2) is 5.11 Å². The van der Waals surface area contributed by atoms with Gasteiger partial charge in [0.25, 0.3) is 0 Å². The van der Waals surface area contributed by atoms with Gasteiger partial charge in [0.05, 0.1) is 39.0 Å².